The summed E-state index contributed by atoms with van der Waals surface area (Å²) in [6.45, 7) is 3.56. The summed E-state index contributed by atoms with van der Waals surface area (Å²) < 4.78 is 24.6. The summed E-state index contributed by atoms with van der Waals surface area (Å²) in [5.41, 5.74) is 3.53. The average molecular weight is 401 g/mol. The Balaban J connectivity index is 2.11. The zero-order valence-electron chi connectivity index (χ0n) is 14.7. The molecule has 2 N–H and O–H groups in total. The van der Waals surface area contributed by atoms with Crippen molar-refractivity contribution < 1.29 is 13.5 Å². The number of H-pyrrole nitrogens is 1. The van der Waals surface area contributed by atoms with E-state index in [0.717, 1.165) is 21.9 Å². The average Bonchev–Trinajstić information content (AvgIpc) is 3.03. The molecule has 0 unspecified atom stereocenters. The van der Waals surface area contributed by atoms with E-state index in [1.165, 1.54) is 0 Å². The van der Waals surface area contributed by atoms with Crippen LogP contribution in [0.5, 0.6) is 5.75 Å². The van der Waals surface area contributed by atoms with Crippen molar-refractivity contribution in [3.8, 4) is 16.9 Å². The van der Waals surface area contributed by atoms with Crippen LogP contribution in [0.2, 0.25) is 5.02 Å². The highest BCUT2D eigenvalue weighted by Gasteiger charge is 2.19. The fraction of sp³-hybridized carbons (Fsp3) is 0.150. The first-order valence-electron chi connectivity index (χ1n) is 8.44. The zero-order valence-corrected chi connectivity index (χ0v) is 16.3. The molecule has 0 aliphatic heterocycles. The van der Waals surface area contributed by atoms with Crippen LogP contribution in [-0.2, 0) is 9.84 Å². The molecule has 27 heavy (non-hydrogen) atoms. The monoisotopic (exact) mass is 400 g/mol. The van der Waals surface area contributed by atoms with Gasteiger partial charge in [0, 0.05) is 17.0 Å². The van der Waals surface area contributed by atoms with Gasteiger partial charge in [0.2, 0.25) is 0 Å². The number of aromatic hydroxyl groups is 1. The van der Waals surface area contributed by atoms with Gasteiger partial charge < -0.3 is 10.1 Å². The Hall–Kier alpha value is -2.57. The smallest absolute Gasteiger partial charge is 0.178 e. The first-order chi connectivity index (χ1) is 12.8. The van der Waals surface area contributed by atoms with E-state index in [2.05, 4.69) is 9.97 Å². The van der Waals surface area contributed by atoms with Crippen LogP contribution in [0, 0.1) is 6.92 Å². The second kappa shape index (κ2) is 6.25. The van der Waals surface area contributed by atoms with E-state index < -0.39 is 9.84 Å². The second-order valence-electron chi connectivity index (χ2n) is 6.47. The van der Waals surface area contributed by atoms with Crippen LogP contribution in [0.25, 0.3) is 33.1 Å². The molecule has 2 heterocycles. The van der Waals surface area contributed by atoms with E-state index >= 15 is 0 Å². The van der Waals surface area contributed by atoms with Crippen molar-refractivity contribution in [2.24, 2.45) is 0 Å². The Morgan fingerprint density at radius 3 is 2.74 bits per heavy atom. The van der Waals surface area contributed by atoms with Crippen LogP contribution < -0.4 is 0 Å². The van der Waals surface area contributed by atoms with Gasteiger partial charge in [-0.2, -0.15) is 0 Å². The maximum absolute atomic E-state index is 12.3. The van der Waals surface area contributed by atoms with Crippen molar-refractivity contribution in [1.82, 2.24) is 9.97 Å². The van der Waals surface area contributed by atoms with Gasteiger partial charge in [-0.05, 0) is 47.9 Å². The molecular weight excluding hydrogens is 384 g/mol. The quantitative estimate of drug-likeness (QED) is 0.515. The first-order valence-corrected chi connectivity index (χ1v) is 10.5. The summed E-state index contributed by atoms with van der Waals surface area (Å²) in [5, 5.41) is 12.2. The Labute approximate surface area is 161 Å². The lowest BCUT2D eigenvalue weighted by Gasteiger charge is -2.10. The summed E-state index contributed by atoms with van der Waals surface area (Å²) in [4.78, 5) is 7.76. The molecule has 0 aliphatic rings. The lowest BCUT2D eigenvalue weighted by molar-refractivity contribution is 0.481. The van der Waals surface area contributed by atoms with Crippen molar-refractivity contribution in [3.05, 3.63) is 53.2 Å². The number of phenolic OH excluding ortho intramolecular Hbond substituents is 1. The van der Waals surface area contributed by atoms with Crippen molar-refractivity contribution >= 4 is 43.4 Å². The number of fused-ring (bicyclic) bond motifs is 3. The molecule has 0 saturated carbocycles. The zero-order chi connectivity index (χ0) is 19.3. The molecule has 0 atom stereocenters. The summed E-state index contributed by atoms with van der Waals surface area (Å²) in [7, 11) is -3.34. The Morgan fingerprint density at radius 2 is 2.00 bits per heavy atom. The number of hydrogen-bond acceptors (Lipinski definition) is 4. The second-order valence-corrected chi connectivity index (χ2v) is 9.16. The molecule has 5 nitrogen and oxygen atoms in total. The van der Waals surface area contributed by atoms with Gasteiger partial charge in [0.05, 0.1) is 21.2 Å². The van der Waals surface area contributed by atoms with Crippen LogP contribution in [0.4, 0.5) is 0 Å². The number of phenols is 1. The molecule has 0 fully saturated rings. The maximum Gasteiger partial charge on any atom is 0.178 e. The van der Waals surface area contributed by atoms with Crippen molar-refractivity contribution in [2.75, 3.05) is 5.75 Å². The SMILES string of the molecule is CCS(=O)(=O)c1cccc(-c2cc(Cl)c(O)c3[nH]c4ncc(C)cc4c23)c1. The van der Waals surface area contributed by atoms with E-state index in [0.29, 0.717) is 16.7 Å². The Morgan fingerprint density at radius 1 is 1.22 bits per heavy atom. The number of halogens is 1. The third-order valence-electron chi connectivity index (χ3n) is 4.67. The molecule has 0 saturated heterocycles. The molecule has 4 rings (SSSR count). The fourth-order valence-corrected chi connectivity index (χ4v) is 4.40. The molecule has 2 aromatic carbocycles. The molecule has 0 spiro atoms. The van der Waals surface area contributed by atoms with Gasteiger partial charge in [-0.3, -0.25) is 0 Å². The van der Waals surface area contributed by atoms with Gasteiger partial charge in [-0.25, -0.2) is 13.4 Å². The van der Waals surface area contributed by atoms with Crippen molar-refractivity contribution in [2.45, 2.75) is 18.7 Å². The third-order valence-corrected chi connectivity index (χ3v) is 6.70. The number of nitrogens with zero attached hydrogens (tertiary/aromatic N) is 1. The van der Waals surface area contributed by atoms with Gasteiger partial charge >= 0.3 is 0 Å². The molecule has 138 valence electrons. The fourth-order valence-electron chi connectivity index (χ4n) is 3.27. The van der Waals surface area contributed by atoms with Gasteiger partial charge in [-0.15, -0.1) is 0 Å². The van der Waals surface area contributed by atoms with Crippen LogP contribution >= 0.6 is 11.6 Å². The minimum Gasteiger partial charge on any atom is -0.504 e. The van der Waals surface area contributed by atoms with Crippen LogP contribution in [0.15, 0.2) is 47.5 Å². The molecule has 0 amide bonds. The number of rotatable bonds is 3. The minimum atomic E-state index is -3.34. The van der Waals surface area contributed by atoms with E-state index in [1.807, 2.05) is 19.1 Å². The lowest BCUT2D eigenvalue weighted by Crippen LogP contribution is -2.03. The number of benzene rings is 2. The van der Waals surface area contributed by atoms with Crippen molar-refractivity contribution in [3.63, 3.8) is 0 Å². The van der Waals surface area contributed by atoms with Crippen LogP contribution in [0.1, 0.15) is 12.5 Å². The predicted molar refractivity (Wildman–Crippen MR) is 108 cm³/mol. The van der Waals surface area contributed by atoms with Gasteiger partial charge in [-0.1, -0.05) is 30.7 Å². The summed E-state index contributed by atoms with van der Waals surface area (Å²) in [6, 6.07) is 10.4. The summed E-state index contributed by atoms with van der Waals surface area (Å²) in [6.07, 6.45) is 1.74. The molecule has 2 aromatic heterocycles. The van der Waals surface area contributed by atoms with Gasteiger partial charge in [0.25, 0.3) is 0 Å². The van der Waals surface area contributed by atoms with E-state index in [9.17, 15) is 13.5 Å². The largest absolute Gasteiger partial charge is 0.504 e. The molecule has 0 aliphatic carbocycles. The normalized spacial score (nSPS) is 12.1. The van der Waals surface area contributed by atoms with E-state index in [1.54, 1.807) is 37.4 Å². The predicted octanol–water partition coefficient (Wildman–Crippen LogP) is 4.84. The standard InChI is InChI=1S/C20H17ClN2O3S/c1-3-27(25,26)13-6-4-5-12(8-13)14-9-16(21)19(24)18-17(14)15-7-11(2)10-22-20(15)23-18/h4-10,24H,3H2,1-2H3,(H,22,23). The first kappa shape index (κ1) is 17.8. The highest BCUT2D eigenvalue weighted by Crippen LogP contribution is 2.42. The summed E-state index contributed by atoms with van der Waals surface area (Å²) in [5.74, 6) is -0.0262. The lowest BCUT2D eigenvalue weighted by atomic mass is 9.99. The van der Waals surface area contributed by atoms with E-state index in [4.69, 9.17) is 11.6 Å². The minimum absolute atomic E-state index is 0.0262. The van der Waals surface area contributed by atoms with Gasteiger partial charge in [0.15, 0.2) is 15.6 Å². The Kier molecular flexibility index (Phi) is 4.13. The molecule has 4 aromatic rings. The number of pyridine rings is 1. The third kappa shape index (κ3) is 2.85. The summed E-state index contributed by atoms with van der Waals surface area (Å²) >= 11 is 6.25. The molecule has 7 heteroatoms. The van der Waals surface area contributed by atoms with E-state index in [-0.39, 0.29) is 21.4 Å². The molecular formula is C20H17ClN2O3S. The van der Waals surface area contributed by atoms with Crippen LogP contribution in [-0.4, -0.2) is 29.2 Å². The number of aromatic nitrogens is 2. The van der Waals surface area contributed by atoms with Gasteiger partial charge in [0.1, 0.15) is 5.65 Å². The molecule has 0 bridgehead atoms. The number of nitrogens with one attached hydrogen (secondary N) is 1. The topological polar surface area (TPSA) is 83.0 Å². The Bertz CT molecular complexity index is 1310. The number of hydrogen-bond donors (Lipinski definition) is 2. The molecule has 0 radical (unpaired) electrons. The number of aryl methyl sites for hydroxylation is 1. The highest BCUT2D eigenvalue weighted by molar-refractivity contribution is 7.91. The van der Waals surface area contributed by atoms with Crippen molar-refractivity contribution in [1.29, 1.82) is 0 Å². The number of aromatic amines is 1. The maximum atomic E-state index is 12.3. The highest BCUT2D eigenvalue weighted by atomic mass is 35.5. The van der Waals surface area contributed by atoms with Crippen LogP contribution in [0.3, 0.4) is 0 Å². The number of sulfone groups is 1.